The Hall–Kier alpha value is -2.76. The largest absolute Gasteiger partial charge is 0.438 e. The average molecular weight is 371 g/mol. The van der Waals surface area contributed by atoms with Gasteiger partial charge in [-0.2, -0.15) is 0 Å². The molecule has 2 aromatic heterocycles. The van der Waals surface area contributed by atoms with Gasteiger partial charge < -0.3 is 15.5 Å². The summed E-state index contributed by atoms with van der Waals surface area (Å²) >= 11 is 12.1. The van der Waals surface area contributed by atoms with Gasteiger partial charge in [-0.1, -0.05) is 35.3 Å². The average Bonchev–Trinajstić information content (AvgIpc) is 2.99. The van der Waals surface area contributed by atoms with E-state index in [2.05, 4.69) is 15.3 Å². The number of nitrogen functional groups attached to an aromatic ring is 1. The first-order valence-corrected chi connectivity index (χ1v) is 8.18. The second-order valence-corrected chi connectivity index (χ2v) is 6.33. The topological polar surface area (TPSA) is 77.0 Å². The number of halogens is 2. The van der Waals surface area contributed by atoms with E-state index in [9.17, 15) is 0 Å². The molecule has 0 aliphatic carbocycles. The van der Waals surface area contributed by atoms with Crippen LogP contribution in [0.2, 0.25) is 10.0 Å². The summed E-state index contributed by atoms with van der Waals surface area (Å²) in [5, 5.41) is 5.02. The van der Waals surface area contributed by atoms with Gasteiger partial charge in [-0.05, 0) is 36.4 Å². The number of benzene rings is 2. The first-order valence-electron chi connectivity index (χ1n) is 7.42. The van der Waals surface area contributed by atoms with E-state index in [0.29, 0.717) is 33.0 Å². The minimum Gasteiger partial charge on any atom is -0.438 e. The van der Waals surface area contributed by atoms with E-state index in [1.54, 1.807) is 18.2 Å². The lowest BCUT2D eigenvalue weighted by Gasteiger charge is -2.06. The van der Waals surface area contributed by atoms with Crippen molar-refractivity contribution >= 4 is 51.5 Å². The SMILES string of the molecule is Nc1cccc(-c2cc3c(Nc4cc(Cl)cc(Cl)c4)ncnc3o2)c1. The molecule has 0 bridgehead atoms. The van der Waals surface area contributed by atoms with E-state index in [4.69, 9.17) is 33.4 Å². The zero-order valence-corrected chi connectivity index (χ0v) is 14.3. The molecule has 0 atom stereocenters. The number of hydrogen-bond acceptors (Lipinski definition) is 5. The molecule has 0 fully saturated rings. The quantitative estimate of drug-likeness (QED) is 0.464. The minimum atomic E-state index is 0.475. The highest BCUT2D eigenvalue weighted by Gasteiger charge is 2.12. The standard InChI is InChI=1S/C18H12Cl2N4O/c19-11-5-12(20)7-14(6-11)24-17-15-8-16(25-18(15)23-9-22-17)10-2-1-3-13(21)4-10/h1-9H,21H2,(H,22,23,24). The summed E-state index contributed by atoms with van der Waals surface area (Å²) in [4.78, 5) is 8.48. The van der Waals surface area contributed by atoms with E-state index in [1.165, 1.54) is 6.33 Å². The van der Waals surface area contributed by atoms with Crippen molar-refractivity contribution in [1.82, 2.24) is 9.97 Å². The molecule has 3 N–H and O–H groups in total. The highest BCUT2D eigenvalue weighted by molar-refractivity contribution is 6.35. The van der Waals surface area contributed by atoms with Crippen molar-refractivity contribution in [3.63, 3.8) is 0 Å². The Morgan fingerprint density at radius 2 is 1.76 bits per heavy atom. The van der Waals surface area contributed by atoms with Crippen LogP contribution in [0.3, 0.4) is 0 Å². The maximum atomic E-state index is 6.05. The van der Waals surface area contributed by atoms with Crippen molar-refractivity contribution in [2.24, 2.45) is 0 Å². The van der Waals surface area contributed by atoms with Crippen LogP contribution in [0.15, 0.2) is 59.3 Å². The fourth-order valence-corrected chi connectivity index (χ4v) is 3.08. The summed E-state index contributed by atoms with van der Waals surface area (Å²) in [7, 11) is 0. The number of fused-ring (bicyclic) bond motifs is 1. The molecule has 0 saturated carbocycles. The molecule has 2 aromatic carbocycles. The van der Waals surface area contributed by atoms with E-state index in [0.717, 1.165) is 16.6 Å². The Kier molecular flexibility index (Phi) is 3.95. The lowest BCUT2D eigenvalue weighted by atomic mass is 10.1. The highest BCUT2D eigenvalue weighted by atomic mass is 35.5. The van der Waals surface area contributed by atoms with Gasteiger partial charge in [0.05, 0.1) is 5.39 Å². The Balaban J connectivity index is 1.77. The number of nitrogens with two attached hydrogens (primary N) is 1. The van der Waals surface area contributed by atoms with Crippen molar-refractivity contribution in [3.8, 4) is 11.3 Å². The van der Waals surface area contributed by atoms with Gasteiger partial charge in [0, 0.05) is 27.0 Å². The molecule has 0 spiro atoms. The van der Waals surface area contributed by atoms with Crippen LogP contribution in [0.25, 0.3) is 22.4 Å². The van der Waals surface area contributed by atoms with E-state index < -0.39 is 0 Å². The fraction of sp³-hybridized carbons (Fsp3) is 0. The highest BCUT2D eigenvalue weighted by Crippen LogP contribution is 2.32. The van der Waals surface area contributed by atoms with E-state index in [1.807, 2.05) is 30.3 Å². The molecule has 0 radical (unpaired) electrons. The zero-order chi connectivity index (χ0) is 17.4. The van der Waals surface area contributed by atoms with Crippen molar-refractivity contribution in [1.29, 1.82) is 0 Å². The third-order valence-electron chi connectivity index (χ3n) is 3.63. The van der Waals surface area contributed by atoms with Gasteiger partial charge in [-0.3, -0.25) is 0 Å². The molecule has 0 unspecified atom stereocenters. The predicted molar refractivity (Wildman–Crippen MR) is 101 cm³/mol. The molecule has 2 heterocycles. The molecule has 4 rings (SSSR count). The summed E-state index contributed by atoms with van der Waals surface area (Å²) in [6.45, 7) is 0. The molecule has 25 heavy (non-hydrogen) atoms. The Morgan fingerprint density at radius 3 is 2.52 bits per heavy atom. The molecule has 4 aromatic rings. The van der Waals surface area contributed by atoms with Gasteiger partial charge in [0.2, 0.25) is 5.71 Å². The number of nitrogens with zero attached hydrogens (tertiary/aromatic N) is 2. The number of nitrogens with one attached hydrogen (secondary N) is 1. The number of anilines is 3. The van der Waals surface area contributed by atoms with Crippen molar-refractivity contribution < 1.29 is 4.42 Å². The molecule has 5 nitrogen and oxygen atoms in total. The summed E-state index contributed by atoms with van der Waals surface area (Å²) in [5.74, 6) is 1.26. The second kappa shape index (κ2) is 6.27. The minimum absolute atomic E-state index is 0.475. The Bertz CT molecular complexity index is 1060. The molecule has 124 valence electrons. The number of aromatic nitrogens is 2. The molecule has 7 heteroatoms. The molecule has 0 amide bonds. The fourth-order valence-electron chi connectivity index (χ4n) is 2.55. The molecule has 0 aliphatic heterocycles. The predicted octanol–water partition coefficient (Wildman–Crippen LogP) is 5.52. The molecular formula is C18H12Cl2N4O. The summed E-state index contributed by atoms with van der Waals surface area (Å²) < 4.78 is 5.84. The first kappa shape index (κ1) is 15.7. The lowest BCUT2D eigenvalue weighted by molar-refractivity contribution is 0.617. The van der Waals surface area contributed by atoms with Gasteiger partial charge in [0.15, 0.2) is 0 Å². The lowest BCUT2D eigenvalue weighted by Crippen LogP contribution is -1.94. The van der Waals surface area contributed by atoms with Crippen LogP contribution in [0.5, 0.6) is 0 Å². The van der Waals surface area contributed by atoms with Gasteiger partial charge in [-0.25, -0.2) is 9.97 Å². The normalized spacial score (nSPS) is 11.0. The second-order valence-electron chi connectivity index (χ2n) is 5.46. The first-order chi connectivity index (χ1) is 12.1. The third kappa shape index (κ3) is 3.24. The van der Waals surface area contributed by atoms with Crippen LogP contribution in [-0.2, 0) is 0 Å². The summed E-state index contributed by atoms with van der Waals surface area (Å²) in [5.41, 5.74) is 8.58. The smallest absolute Gasteiger partial charge is 0.231 e. The van der Waals surface area contributed by atoms with Crippen LogP contribution in [0.1, 0.15) is 0 Å². The number of furan rings is 1. The monoisotopic (exact) mass is 370 g/mol. The van der Waals surface area contributed by atoms with Crippen LogP contribution < -0.4 is 11.1 Å². The van der Waals surface area contributed by atoms with Gasteiger partial charge in [-0.15, -0.1) is 0 Å². The number of hydrogen-bond donors (Lipinski definition) is 2. The van der Waals surface area contributed by atoms with Crippen LogP contribution in [0, 0.1) is 0 Å². The van der Waals surface area contributed by atoms with Crippen LogP contribution in [0.4, 0.5) is 17.2 Å². The van der Waals surface area contributed by atoms with Gasteiger partial charge in [0.1, 0.15) is 17.9 Å². The number of rotatable bonds is 3. The van der Waals surface area contributed by atoms with Crippen molar-refractivity contribution in [2.75, 3.05) is 11.1 Å². The molecule has 0 aliphatic rings. The third-order valence-corrected chi connectivity index (χ3v) is 4.06. The van der Waals surface area contributed by atoms with Gasteiger partial charge in [0.25, 0.3) is 0 Å². The van der Waals surface area contributed by atoms with Crippen molar-refractivity contribution in [2.45, 2.75) is 0 Å². The van der Waals surface area contributed by atoms with Gasteiger partial charge >= 0.3 is 0 Å². The van der Waals surface area contributed by atoms with E-state index >= 15 is 0 Å². The maximum absolute atomic E-state index is 6.05. The Labute approximate surface area is 153 Å². The van der Waals surface area contributed by atoms with E-state index in [-0.39, 0.29) is 0 Å². The van der Waals surface area contributed by atoms with Crippen molar-refractivity contribution in [3.05, 3.63) is 64.9 Å². The van der Waals surface area contributed by atoms with Crippen LogP contribution >= 0.6 is 23.2 Å². The zero-order valence-electron chi connectivity index (χ0n) is 12.8. The molecule has 0 saturated heterocycles. The van der Waals surface area contributed by atoms with Crippen LogP contribution in [-0.4, -0.2) is 9.97 Å². The summed E-state index contributed by atoms with van der Waals surface area (Å²) in [6, 6.07) is 14.5. The Morgan fingerprint density at radius 1 is 0.960 bits per heavy atom. The molecular weight excluding hydrogens is 359 g/mol. The summed E-state index contributed by atoms with van der Waals surface area (Å²) in [6.07, 6.45) is 1.43. The maximum Gasteiger partial charge on any atom is 0.231 e.